The van der Waals surface area contributed by atoms with Gasteiger partial charge in [-0.1, -0.05) is 219 Å². The Morgan fingerprint density at radius 2 is 0.541 bits per heavy atom. The van der Waals surface area contributed by atoms with Crippen LogP contribution < -0.4 is 0 Å². The van der Waals surface area contributed by atoms with Crippen LogP contribution in [-0.4, -0.2) is 40.9 Å². The number of aromatic hydroxyl groups is 8. The molecule has 12 rings (SSSR count). The molecule has 0 heterocycles. The van der Waals surface area contributed by atoms with Gasteiger partial charge in [0.1, 0.15) is 46.0 Å². The molecule has 8 heteroatoms. The average molecular weight is 1110 g/mol. The molecule has 8 bridgehead atoms. The van der Waals surface area contributed by atoms with Gasteiger partial charge in [-0.05, 0) is 98.0 Å². The molecule has 0 aromatic heterocycles. The van der Waals surface area contributed by atoms with Crippen LogP contribution in [0.2, 0.25) is 0 Å². The van der Waals surface area contributed by atoms with E-state index in [1.54, 1.807) is 24.3 Å². The third-order valence-electron chi connectivity index (χ3n) is 16.5. The lowest BCUT2D eigenvalue weighted by Gasteiger charge is -2.30. The number of hydrogen-bond donors (Lipinski definition) is 8. The van der Waals surface area contributed by atoms with Crippen molar-refractivity contribution < 1.29 is 40.9 Å². The first-order chi connectivity index (χ1) is 41.3. The van der Waals surface area contributed by atoms with Crippen molar-refractivity contribution in [1.29, 1.82) is 0 Å². The Morgan fingerprint density at radius 3 is 0.824 bits per heavy atom. The molecular weight excluding hydrogens is 1050 g/mol. The lowest BCUT2D eigenvalue weighted by atomic mass is 9.75. The maximum absolute atomic E-state index is 12.5. The Bertz CT molecular complexity index is 4120. The molecule has 11 aromatic rings. The quantitative estimate of drug-likeness (QED) is 0.0628. The molecule has 0 amide bonds. The van der Waals surface area contributed by atoms with Crippen LogP contribution in [0.1, 0.15) is 97.4 Å². The lowest BCUT2D eigenvalue weighted by Crippen LogP contribution is -2.13. The van der Waals surface area contributed by atoms with E-state index in [-0.39, 0.29) is 90.5 Å². The Hall–Kier alpha value is -11.0. The first-order valence-corrected chi connectivity index (χ1v) is 28.1. The Morgan fingerprint density at radius 1 is 0.294 bits per heavy atom. The van der Waals surface area contributed by atoms with E-state index < -0.39 is 23.7 Å². The SMILES string of the molecule is C=C(/C=C\C(=C/C)c1ccccc1)C1c2cc(c(O)cc2O)C(c2ccc(-c3ccccc3)cc2)c2cc(c(O)cc2O)C(c2ccc(-c3ccccc3)cc2)c2cc(c(O)cc2O)C(c2ccc(-c3ccccc3)cc2)c2cc1c(O)cc2O. The standard InChI is InChI=1S/C77H60O8/c1-3-47(48-16-8-4-9-17-48)25-24-46(2)74-58-38-60(68(80)42-66(58)78)75(55-32-26-52(27-33-55)49-18-10-5-11-19-49)62-40-64(72(84)44-70(62)82)77(57-36-30-54(31-37-57)51-22-14-7-15-23-51)65-41-63(71(83)45-73(65)85)76(61-39-59(74)67(79)43-69(61)81)56-34-28-53(29-35-56)50-20-12-6-13-21-50/h3-45,74-85H,2H2,1H3/b25-24-,47-3+. The van der Waals surface area contributed by atoms with Gasteiger partial charge < -0.3 is 40.9 Å². The molecule has 0 spiro atoms. The highest BCUT2D eigenvalue weighted by molar-refractivity contribution is 5.76. The first kappa shape index (κ1) is 54.6. The van der Waals surface area contributed by atoms with Gasteiger partial charge in [-0.3, -0.25) is 0 Å². The molecule has 0 fully saturated rings. The summed E-state index contributed by atoms with van der Waals surface area (Å²) >= 11 is 0. The highest BCUT2D eigenvalue weighted by Gasteiger charge is 2.35. The van der Waals surface area contributed by atoms with E-state index in [4.69, 9.17) is 0 Å². The topological polar surface area (TPSA) is 162 Å². The highest BCUT2D eigenvalue weighted by Crippen LogP contribution is 2.54. The minimum atomic E-state index is -1.10. The van der Waals surface area contributed by atoms with E-state index in [1.165, 1.54) is 24.3 Å². The van der Waals surface area contributed by atoms with Gasteiger partial charge in [0.2, 0.25) is 0 Å². The van der Waals surface area contributed by atoms with Crippen molar-refractivity contribution in [2.75, 3.05) is 0 Å². The molecule has 0 aliphatic heterocycles. The molecule has 2 unspecified atom stereocenters. The molecule has 1 aliphatic rings. The van der Waals surface area contributed by atoms with Crippen LogP contribution in [-0.2, 0) is 0 Å². The van der Waals surface area contributed by atoms with Gasteiger partial charge in [0.25, 0.3) is 0 Å². The number of benzene rings is 11. The zero-order valence-corrected chi connectivity index (χ0v) is 46.4. The Labute approximate surface area is 493 Å². The minimum absolute atomic E-state index is 0.211. The van der Waals surface area contributed by atoms with Gasteiger partial charge in [0.15, 0.2) is 0 Å². The summed E-state index contributed by atoms with van der Waals surface area (Å²) in [6.45, 7) is 6.55. The molecule has 85 heavy (non-hydrogen) atoms. The van der Waals surface area contributed by atoms with Crippen LogP contribution in [0.3, 0.4) is 0 Å². The number of hydrogen-bond acceptors (Lipinski definition) is 8. The average Bonchev–Trinajstić information content (AvgIpc) is 3.69. The molecule has 1 aliphatic carbocycles. The molecular formula is C77H60O8. The third kappa shape index (κ3) is 10.7. The highest BCUT2D eigenvalue weighted by atomic mass is 16.3. The fourth-order valence-corrected chi connectivity index (χ4v) is 12.2. The molecule has 416 valence electrons. The van der Waals surface area contributed by atoms with Gasteiger partial charge in [-0.15, -0.1) is 0 Å². The summed E-state index contributed by atoms with van der Waals surface area (Å²) in [6, 6.07) is 74.3. The summed E-state index contributed by atoms with van der Waals surface area (Å²) in [5.74, 6) is -6.73. The van der Waals surface area contributed by atoms with Crippen LogP contribution in [0.5, 0.6) is 46.0 Å². The Kier molecular flexibility index (Phi) is 14.9. The normalized spacial score (nSPS) is 15.8. The minimum Gasteiger partial charge on any atom is -0.507 e. The van der Waals surface area contributed by atoms with Crippen LogP contribution in [0, 0.1) is 0 Å². The fraction of sp³-hybridized carbons (Fsp3) is 0.0649. The second kappa shape index (κ2) is 23.1. The van der Waals surface area contributed by atoms with Crippen molar-refractivity contribution >= 4 is 5.57 Å². The van der Waals surface area contributed by atoms with Gasteiger partial charge in [0.05, 0.1) is 0 Å². The molecule has 8 nitrogen and oxygen atoms in total. The van der Waals surface area contributed by atoms with E-state index >= 15 is 0 Å². The first-order valence-electron chi connectivity index (χ1n) is 28.1. The Balaban J connectivity index is 1.17. The van der Waals surface area contributed by atoms with E-state index in [0.29, 0.717) is 22.3 Å². The molecule has 0 saturated carbocycles. The van der Waals surface area contributed by atoms with Crippen LogP contribution in [0.4, 0.5) is 0 Å². The lowest BCUT2D eigenvalue weighted by molar-refractivity contribution is 0.431. The van der Waals surface area contributed by atoms with Crippen molar-refractivity contribution in [3.8, 4) is 79.4 Å². The smallest absolute Gasteiger partial charge is 0.123 e. The number of phenolic OH excluding ortho intramolecular Hbond substituents is 8. The van der Waals surface area contributed by atoms with E-state index in [1.807, 2.05) is 219 Å². The van der Waals surface area contributed by atoms with Crippen molar-refractivity contribution in [3.63, 3.8) is 0 Å². The predicted octanol–water partition coefficient (Wildman–Crippen LogP) is 17.5. The van der Waals surface area contributed by atoms with Gasteiger partial charge in [-0.25, -0.2) is 0 Å². The van der Waals surface area contributed by atoms with Crippen molar-refractivity contribution in [2.45, 2.75) is 30.6 Å². The molecule has 11 aromatic carbocycles. The maximum Gasteiger partial charge on any atom is 0.123 e. The number of rotatable bonds is 10. The van der Waals surface area contributed by atoms with Gasteiger partial charge in [0, 0.05) is 92.4 Å². The summed E-state index contributed by atoms with van der Waals surface area (Å²) in [5, 5.41) is 99.6. The molecule has 8 N–H and O–H groups in total. The summed E-state index contributed by atoms with van der Waals surface area (Å²) in [7, 11) is 0. The molecule has 0 saturated heterocycles. The second-order valence-electron chi connectivity index (χ2n) is 21.6. The number of allylic oxidation sites excluding steroid dienone is 5. The summed E-state index contributed by atoms with van der Waals surface area (Å²) in [6.07, 6.45) is 5.68. The van der Waals surface area contributed by atoms with E-state index in [2.05, 4.69) is 6.58 Å². The van der Waals surface area contributed by atoms with E-state index in [9.17, 15) is 40.9 Å². The molecule has 2 atom stereocenters. The maximum atomic E-state index is 12.5. The zero-order chi connectivity index (χ0) is 58.9. The van der Waals surface area contributed by atoms with Crippen LogP contribution >= 0.6 is 0 Å². The number of phenols is 8. The van der Waals surface area contributed by atoms with E-state index in [0.717, 1.165) is 44.5 Å². The second-order valence-corrected chi connectivity index (χ2v) is 21.6. The predicted molar refractivity (Wildman–Crippen MR) is 338 cm³/mol. The summed E-state index contributed by atoms with van der Waals surface area (Å²) < 4.78 is 0. The summed E-state index contributed by atoms with van der Waals surface area (Å²) in [5.41, 5.74) is 11.6. The van der Waals surface area contributed by atoms with Crippen molar-refractivity contribution in [3.05, 3.63) is 340 Å². The van der Waals surface area contributed by atoms with Crippen molar-refractivity contribution in [2.24, 2.45) is 0 Å². The number of fused-ring (bicyclic) bond motifs is 8. The largest absolute Gasteiger partial charge is 0.507 e. The third-order valence-corrected chi connectivity index (χ3v) is 16.5. The van der Waals surface area contributed by atoms with Gasteiger partial charge >= 0.3 is 0 Å². The fourth-order valence-electron chi connectivity index (χ4n) is 12.2. The molecule has 0 radical (unpaired) electrons. The van der Waals surface area contributed by atoms with Crippen molar-refractivity contribution in [1.82, 2.24) is 0 Å². The summed E-state index contributed by atoms with van der Waals surface area (Å²) in [4.78, 5) is 0. The monoisotopic (exact) mass is 1110 g/mol. The zero-order valence-electron chi connectivity index (χ0n) is 46.4. The van der Waals surface area contributed by atoms with Crippen LogP contribution in [0.15, 0.2) is 273 Å². The van der Waals surface area contributed by atoms with Crippen LogP contribution in [0.25, 0.3) is 39.0 Å². The van der Waals surface area contributed by atoms with Gasteiger partial charge in [-0.2, -0.15) is 0 Å².